The molecule has 0 saturated heterocycles. The molecule has 3 nitrogen and oxygen atoms in total. The zero-order chi connectivity index (χ0) is 14.3. The molecule has 19 heavy (non-hydrogen) atoms. The lowest BCUT2D eigenvalue weighted by molar-refractivity contribution is -0.143. The predicted octanol–water partition coefficient (Wildman–Crippen LogP) is 2.28. The number of alkyl halides is 3. The van der Waals surface area contributed by atoms with Crippen molar-refractivity contribution >= 4 is 0 Å². The highest BCUT2D eigenvalue weighted by atomic mass is 19.4. The summed E-state index contributed by atoms with van der Waals surface area (Å²) in [5.41, 5.74) is 1.13. The van der Waals surface area contributed by atoms with Gasteiger partial charge in [0.05, 0.1) is 6.54 Å². The van der Waals surface area contributed by atoms with E-state index in [1.165, 1.54) is 11.9 Å². The van der Waals surface area contributed by atoms with Gasteiger partial charge in [-0.2, -0.15) is 13.2 Å². The monoisotopic (exact) mass is 276 g/mol. The van der Waals surface area contributed by atoms with Crippen LogP contribution in [0.1, 0.15) is 5.56 Å². The first-order chi connectivity index (χ1) is 8.90. The highest BCUT2D eigenvalue weighted by Gasteiger charge is 2.28. The van der Waals surface area contributed by atoms with Gasteiger partial charge in [-0.05, 0) is 31.8 Å². The molecule has 0 bridgehead atoms. The molecular formula is C13H19F3N2O. The summed E-state index contributed by atoms with van der Waals surface area (Å²) >= 11 is 0. The van der Waals surface area contributed by atoms with Gasteiger partial charge >= 0.3 is 6.18 Å². The van der Waals surface area contributed by atoms with Gasteiger partial charge in [0.1, 0.15) is 12.4 Å². The highest BCUT2D eigenvalue weighted by Crippen LogP contribution is 2.15. The van der Waals surface area contributed by atoms with Crippen molar-refractivity contribution in [2.24, 2.45) is 0 Å². The van der Waals surface area contributed by atoms with Crippen LogP contribution in [0.15, 0.2) is 24.3 Å². The summed E-state index contributed by atoms with van der Waals surface area (Å²) in [6.45, 7) is 0.321. The molecule has 1 N–H and O–H groups in total. The molecule has 0 unspecified atom stereocenters. The van der Waals surface area contributed by atoms with Crippen LogP contribution in [0.4, 0.5) is 13.2 Å². The maximum absolute atomic E-state index is 12.1. The van der Waals surface area contributed by atoms with Crippen LogP contribution in [0.2, 0.25) is 0 Å². The zero-order valence-electron chi connectivity index (χ0n) is 11.1. The SMILES string of the molecule is CNCc1ccc(OCCN(C)CC(F)(F)F)cc1. The molecule has 0 aliphatic carbocycles. The standard InChI is InChI=1S/C13H19F3N2O/c1-17-9-11-3-5-12(6-4-11)19-8-7-18(2)10-13(14,15)16/h3-6,17H,7-10H2,1-2H3. The molecule has 0 fully saturated rings. The Labute approximate surface area is 111 Å². The molecule has 6 heteroatoms. The van der Waals surface area contributed by atoms with Gasteiger partial charge in [-0.25, -0.2) is 0 Å². The summed E-state index contributed by atoms with van der Waals surface area (Å²) in [6, 6.07) is 7.48. The van der Waals surface area contributed by atoms with Gasteiger partial charge in [0.2, 0.25) is 0 Å². The van der Waals surface area contributed by atoms with Crippen LogP contribution >= 0.6 is 0 Å². The van der Waals surface area contributed by atoms with E-state index in [9.17, 15) is 13.2 Å². The fourth-order valence-corrected chi connectivity index (χ4v) is 1.61. The second-order valence-corrected chi connectivity index (χ2v) is 4.38. The Morgan fingerprint density at radius 2 is 1.84 bits per heavy atom. The van der Waals surface area contributed by atoms with E-state index in [-0.39, 0.29) is 13.2 Å². The van der Waals surface area contributed by atoms with E-state index in [4.69, 9.17) is 4.74 Å². The summed E-state index contributed by atoms with van der Waals surface area (Å²) in [4.78, 5) is 1.19. The Balaban J connectivity index is 2.29. The van der Waals surface area contributed by atoms with E-state index in [1.54, 1.807) is 0 Å². The summed E-state index contributed by atoms with van der Waals surface area (Å²) in [7, 11) is 3.29. The Hall–Kier alpha value is -1.27. The van der Waals surface area contributed by atoms with Gasteiger partial charge in [0.25, 0.3) is 0 Å². The summed E-state index contributed by atoms with van der Waals surface area (Å²) in [5, 5.41) is 3.03. The van der Waals surface area contributed by atoms with E-state index in [0.29, 0.717) is 5.75 Å². The normalized spacial score (nSPS) is 11.9. The molecule has 1 aromatic carbocycles. The van der Waals surface area contributed by atoms with Crippen molar-refractivity contribution < 1.29 is 17.9 Å². The van der Waals surface area contributed by atoms with Crippen LogP contribution in [-0.4, -0.2) is 44.9 Å². The molecule has 0 atom stereocenters. The molecule has 0 aromatic heterocycles. The average molecular weight is 276 g/mol. The van der Waals surface area contributed by atoms with Crippen LogP contribution < -0.4 is 10.1 Å². The lowest BCUT2D eigenvalue weighted by atomic mass is 10.2. The molecule has 1 rings (SSSR count). The molecule has 0 saturated carbocycles. The maximum atomic E-state index is 12.1. The Kier molecular flexibility index (Phi) is 6.11. The third-order valence-corrected chi connectivity index (χ3v) is 2.50. The molecule has 0 heterocycles. The first-order valence-electron chi connectivity index (χ1n) is 6.02. The summed E-state index contributed by atoms with van der Waals surface area (Å²) < 4.78 is 41.6. The number of ether oxygens (including phenoxy) is 1. The van der Waals surface area contributed by atoms with E-state index in [2.05, 4.69) is 5.32 Å². The lowest BCUT2D eigenvalue weighted by Crippen LogP contribution is -2.33. The second kappa shape index (κ2) is 7.35. The van der Waals surface area contributed by atoms with E-state index < -0.39 is 12.7 Å². The van der Waals surface area contributed by atoms with Gasteiger partial charge in [-0.1, -0.05) is 12.1 Å². The zero-order valence-corrected chi connectivity index (χ0v) is 11.1. The largest absolute Gasteiger partial charge is 0.492 e. The van der Waals surface area contributed by atoms with Crippen molar-refractivity contribution in [3.05, 3.63) is 29.8 Å². The molecule has 1 aromatic rings. The van der Waals surface area contributed by atoms with Crippen molar-refractivity contribution in [2.45, 2.75) is 12.7 Å². The van der Waals surface area contributed by atoms with Gasteiger partial charge in [0.15, 0.2) is 0 Å². The fourth-order valence-electron chi connectivity index (χ4n) is 1.61. The summed E-state index contributed by atoms with van der Waals surface area (Å²) in [6.07, 6.45) is -4.16. The van der Waals surface area contributed by atoms with Crippen LogP contribution in [0.5, 0.6) is 5.75 Å². The lowest BCUT2D eigenvalue weighted by Gasteiger charge is -2.18. The van der Waals surface area contributed by atoms with Crippen molar-refractivity contribution in [3.63, 3.8) is 0 Å². The number of rotatable bonds is 7. The molecule has 108 valence electrons. The van der Waals surface area contributed by atoms with E-state index in [0.717, 1.165) is 12.1 Å². The van der Waals surface area contributed by atoms with Gasteiger partial charge in [-0.15, -0.1) is 0 Å². The molecular weight excluding hydrogens is 257 g/mol. The number of benzene rings is 1. The van der Waals surface area contributed by atoms with Crippen LogP contribution in [0.3, 0.4) is 0 Å². The van der Waals surface area contributed by atoms with Crippen molar-refractivity contribution in [2.75, 3.05) is 33.8 Å². The molecule has 0 radical (unpaired) electrons. The van der Waals surface area contributed by atoms with Crippen LogP contribution in [0.25, 0.3) is 0 Å². The van der Waals surface area contributed by atoms with Gasteiger partial charge in [-0.3, -0.25) is 4.90 Å². The molecule has 0 aliphatic heterocycles. The predicted molar refractivity (Wildman–Crippen MR) is 68.3 cm³/mol. The second-order valence-electron chi connectivity index (χ2n) is 4.38. The maximum Gasteiger partial charge on any atom is 0.401 e. The van der Waals surface area contributed by atoms with Gasteiger partial charge in [0, 0.05) is 13.1 Å². The average Bonchev–Trinajstić information content (AvgIpc) is 2.29. The van der Waals surface area contributed by atoms with Crippen molar-refractivity contribution in [1.82, 2.24) is 10.2 Å². The molecule has 0 aliphatic rings. The Bertz CT molecular complexity index is 365. The molecule has 0 spiro atoms. The Morgan fingerprint density at radius 1 is 1.21 bits per heavy atom. The van der Waals surface area contributed by atoms with Crippen molar-refractivity contribution in [3.8, 4) is 5.75 Å². The van der Waals surface area contributed by atoms with E-state index in [1.807, 2.05) is 31.3 Å². The highest BCUT2D eigenvalue weighted by molar-refractivity contribution is 5.27. The Morgan fingerprint density at radius 3 is 2.37 bits per heavy atom. The van der Waals surface area contributed by atoms with E-state index >= 15 is 0 Å². The smallest absolute Gasteiger partial charge is 0.401 e. The number of hydrogen-bond donors (Lipinski definition) is 1. The van der Waals surface area contributed by atoms with Gasteiger partial charge < -0.3 is 10.1 Å². The minimum Gasteiger partial charge on any atom is -0.492 e. The number of nitrogens with zero attached hydrogens (tertiary/aromatic N) is 1. The topological polar surface area (TPSA) is 24.5 Å². The molecule has 0 amide bonds. The van der Waals surface area contributed by atoms with Crippen molar-refractivity contribution in [1.29, 1.82) is 0 Å². The fraction of sp³-hybridized carbons (Fsp3) is 0.538. The first-order valence-corrected chi connectivity index (χ1v) is 6.02. The van der Waals surface area contributed by atoms with Crippen LogP contribution in [0, 0.1) is 0 Å². The minimum atomic E-state index is -4.16. The number of halogens is 3. The first kappa shape index (κ1) is 15.8. The number of likely N-dealkylation sites (N-methyl/N-ethyl adjacent to an activating group) is 1. The minimum absolute atomic E-state index is 0.234. The number of hydrogen-bond acceptors (Lipinski definition) is 3. The third-order valence-electron chi connectivity index (χ3n) is 2.50. The quantitative estimate of drug-likeness (QED) is 0.827. The summed E-state index contributed by atoms with van der Waals surface area (Å²) in [5.74, 6) is 0.667. The van der Waals surface area contributed by atoms with Crippen LogP contribution in [-0.2, 0) is 6.54 Å². The third kappa shape index (κ3) is 7.03. The number of nitrogens with one attached hydrogen (secondary N) is 1.